The molecule has 4 aliphatic rings. The molecule has 22 heavy (non-hydrogen) atoms. The predicted molar refractivity (Wildman–Crippen MR) is 82.1 cm³/mol. The van der Waals surface area contributed by atoms with Gasteiger partial charge in [0.15, 0.2) is 0 Å². The van der Waals surface area contributed by atoms with Crippen LogP contribution in [0.15, 0.2) is 0 Å². The Morgan fingerprint density at radius 1 is 0.909 bits per heavy atom. The lowest BCUT2D eigenvalue weighted by molar-refractivity contribution is -0.158. The van der Waals surface area contributed by atoms with Crippen molar-refractivity contribution in [2.45, 2.75) is 65.2 Å². The third-order valence-corrected chi connectivity index (χ3v) is 8.00. The smallest absolute Gasteiger partial charge is 0.139 e. The van der Waals surface area contributed by atoms with Gasteiger partial charge in [-0.25, -0.2) is 0 Å². The van der Waals surface area contributed by atoms with Gasteiger partial charge in [-0.3, -0.25) is 14.4 Å². The lowest BCUT2D eigenvalue weighted by Gasteiger charge is -2.58. The fourth-order valence-corrected chi connectivity index (χ4v) is 6.50. The molecule has 0 heterocycles. The molecule has 4 rings (SSSR count). The van der Waals surface area contributed by atoms with Crippen LogP contribution in [0.4, 0.5) is 0 Å². The van der Waals surface area contributed by atoms with Crippen LogP contribution in [-0.4, -0.2) is 17.3 Å². The van der Waals surface area contributed by atoms with Gasteiger partial charge in [0.1, 0.15) is 17.3 Å². The van der Waals surface area contributed by atoms with E-state index in [2.05, 4.69) is 13.8 Å². The molecule has 0 amide bonds. The van der Waals surface area contributed by atoms with Crippen LogP contribution in [0.1, 0.15) is 65.2 Å². The van der Waals surface area contributed by atoms with Crippen LogP contribution in [0, 0.1) is 34.5 Å². The molecule has 3 nitrogen and oxygen atoms in total. The molecule has 4 fully saturated rings. The van der Waals surface area contributed by atoms with Gasteiger partial charge in [-0.05, 0) is 48.9 Å². The Morgan fingerprint density at radius 2 is 1.68 bits per heavy atom. The maximum Gasteiger partial charge on any atom is 0.139 e. The predicted octanol–water partition coefficient (Wildman–Crippen LogP) is 3.35. The highest BCUT2D eigenvalue weighted by molar-refractivity contribution is 5.91. The average Bonchev–Trinajstić information content (AvgIpc) is 2.77. The number of fused-ring (bicyclic) bond motifs is 5. The Balaban J connectivity index is 1.72. The average molecular weight is 302 g/mol. The summed E-state index contributed by atoms with van der Waals surface area (Å²) in [5, 5.41) is 0. The van der Waals surface area contributed by atoms with E-state index in [1.54, 1.807) is 0 Å². The number of carbonyl (C=O) groups is 3. The zero-order valence-electron chi connectivity index (χ0n) is 13.7. The Hall–Kier alpha value is -0.990. The topological polar surface area (TPSA) is 51.2 Å². The molecule has 0 bridgehead atoms. The van der Waals surface area contributed by atoms with Crippen molar-refractivity contribution >= 4 is 17.3 Å². The van der Waals surface area contributed by atoms with E-state index in [1.165, 1.54) is 0 Å². The molecule has 0 saturated heterocycles. The zero-order chi connectivity index (χ0) is 15.7. The summed E-state index contributed by atoms with van der Waals surface area (Å²) in [6.07, 6.45) is 6.32. The first-order valence-electron chi connectivity index (χ1n) is 8.94. The van der Waals surface area contributed by atoms with Crippen molar-refractivity contribution in [1.82, 2.24) is 0 Å². The first-order valence-corrected chi connectivity index (χ1v) is 8.94. The summed E-state index contributed by atoms with van der Waals surface area (Å²) >= 11 is 0. The maximum absolute atomic E-state index is 12.9. The number of carbonyl (C=O) groups excluding carboxylic acids is 3. The molecule has 6 atom stereocenters. The zero-order valence-corrected chi connectivity index (χ0v) is 13.7. The van der Waals surface area contributed by atoms with Gasteiger partial charge in [0, 0.05) is 37.0 Å². The molecule has 3 heteroatoms. The molecule has 4 aliphatic carbocycles. The molecule has 0 aromatic heterocycles. The van der Waals surface area contributed by atoms with Gasteiger partial charge in [-0.15, -0.1) is 0 Å². The molecule has 0 aromatic rings. The highest BCUT2D eigenvalue weighted by Crippen LogP contribution is 2.64. The van der Waals surface area contributed by atoms with Crippen LogP contribution < -0.4 is 0 Å². The Kier molecular flexibility index (Phi) is 3.00. The Labute approximate surface area is 132 Å². The monoisotopic (exact) mass is 302 g/mol. The minimum Gasteiger partial charge on any atom is -0.300 e. The fourth-order valence-electron chi connectivity index (χ4n) is 6.50. The molecular formula is C19H26O3. The van der Waals surface area contributed by atoms with E-state index in [1.807, 2.05) is 0 Å². The minimum absolute atomic E-state index is 0.0830. The summed E-state index contributed by atoms with van der Waals surface area (Å²) < 4.78 is 0. The summed E-state index contributed by atoms with van der Waals surface area (Å²) in [6.45, 7) is 4.43. The third-order valence-electron chi connectivity index (χ3n) is 8.00. The molecule has 0 aromatic carbocycles. The van der Waals surface area contributed by atoms with Gasteiger partial charge in [0.25, 0.3) is 0 Å². The van der Waals surface area contributed by atoms with Crippen molar-refractivity contribution in [3.63, 3.8) is 0 Å². The van der Waals surface area contributed by atoms with Crippen LogP contribution in [0.3, 0.4) is 0 Å². The molecule has 0 spiro atoms. The highest BCUT2D eigenvalue weighted by atomic mass is 16.1. The fraction of sp³-hybridized carbons (Fsp3) is 0.842. The molecule has 0 radical (unpaired) electrons. The molecule has 4 saturated carbocycles. The minimum atomic E-state index is -0.246. The second-order valence-electron chi connectivity index (χ2n) is 8.77. The first kappa shape index (κ1) is 14.6. The van der Waals surface area contributed by atoms with Gasteiger partial charge in [0.2, 0.25) is 0 Å². The van der Waals surface area contributed by atoms with Gasteiger partial charge in [0.05, 0.1) is 0 Å². The van der Waals surface area contributed by atoms with Crippen LogP contribution in [-0.2, 0) is 14.4 Å². The van der Waals surface area contributed by atoms with E-state index in [0.29, 0.717) is 49.0 Å². The number of hydrogen-bond acceptors (Lipinski definition) is 3. The lowest BCUT2D eigenvalue weighted by atomic mass is 9.45. The van der Waals surface area contributed by atoms with E-state index in [0.717, 1.165) is 25.7 Å². The summed E-state index contributed by atoms with van der Waals surface area (Å²) in [4.78, 5) is 37.1. The molecule has 0 aliphatic heterocycles. The third kappa shape index (κ3) is 1.71. The van der Waals surface area contributed by atoms with Crippen molar-refractivity contribution in [3.8, 4) is 0 Å². The Morgan fingerprint density at radius 3 is 2.45 bits per heavy atom. The SMILES string of the molecule is C[C@]12CCC(=O)C[C@@H]1CC(=O)[C@H]1[C@H]3CCC(=O)[C@]3(C)CC[C@@H]12. The first-order chi connectivity index (χ1) is 10.4. The molecule has 0 unspecified atom stereocenters. The maximum atomic E-state index is 12.9. The van der Waals surface area contributed by atoms with Crippen molar-refractivity contribution in [2.24, 2.45) is 34.5 Å². The van der Waals surface area contributed by atoms with Gasteiger partial charge >= 0.3 is 0 Å². The normalized spacial score (nSPS) is 51.3. The van der Waals surface area contributed by atoms with Crippen molar-refractivity contribution in [3.05, 3.63) is 0 Å². The van der Waals surface area contributed by atoms with Gasteiger partial charge < -0.3 is 0 Å². The standard InChI is InChI=1S/C19H26O3/c1-18-7-5-12(20)9-11(18)10-15(21)17-13-3-4-16(22)19(13,2)8-6-14(17)18/h11,13-14,17H,3-10H2,1-2H3/t11-,13-,14+,17+,18+,19-/m1/s1. The van der Waals surface area contributed by atoms with Crippen molar-refractivity contribution < 1.29 is 14.4 Å². The number of ketones is 3. The van der Waals surface area contributed by atoms with E-state index < -0.39 is 0 Å². The van der Waals surface area contributed by atoms with Crippen LogP contribution in [0.2, 0.25) is 0 Å². The van der Waals surface area contributed by atoms with Gasteiger partial charge in [-0.2, -0.15) is 0 Å². The summed E-state index contributed by atoms with van der Waals surface area (Å²) in [7, 11) is 0. The Bertz CT molecular complexity index is 565. The number of rotatable bonds is 0. The van der Waals surface area contributed by atoms with Gasteiger partial charge in [-0.1, -0.05) is 13.8 Å². The van der Waals surface area contributed by atoms with Crippen molar-refractivity contribution in [1.29, 1.82) is 0 Å². The molecular weight excluding hydrogens is 276 g/mol. The summed E-state index contributed by atoms with van der Waals surface area (Å²) in [5.74, 6) is 2.08. The number of Topliss-reactive ketones (excluding diaryl/α,β-unsaturated/α-hetero) is 3. The summed E-state index contributed by atoms with van der Waals surface area (Å²) in [6, 6.07) is 0. The van der Waals surface area contributed by atoms with Crippen molar-refractivity contribution in [2.75, 3.05) is 0 Å². The largest absolute Gasteiger partial charge is 0.300 e. The van der Waals surface area contributed by atoms with Crippen LogP contribution in [0.5, 0.6) is 0 Å². The van der Waals surface area contributed by atoms with E-state index >= 15 is 0 Å². The number of hydrogen-bond donors (Lipinski definition) is 0. The van der Waals surface area contributed by atoms with E-state index in [9.17, 15) is 14.4 Å². The second kappa shape index (κ2) is 4.52. The summed E-state index contributed by atoms with van der Waals surface area (Å²) in [5.41, 5.74) is -0.107. The molecule has 0 N–H and O–H groups in total. The molecule has 120 valence electrons. The van der Waals surface area contributed by atoms with E-state index in [4.69, 9.17) is 0 Å². The van der Waals surface area contributed by atoms with Crippen LogP contribution in [0.25, 0.3) is 0 Å². The quantitative estimate of drug-likeness (QED) is 0.689. The van der Waals surface area contributed by atoms with Crippen LogP contribution >= 0.6 is 0 Å². The van der Waals surface area contributed by atoms with E-state index in [-0.39, 0.29) is 28.6 Å². The highest BCUT2D eigenvalue weighted by Gasteiger charge is 2.62. The lowest BCUT2D eigenvalue weighted by Crippen LogP contribution is -2.57. The second-order valence-corrected chi connectivity index (χ2v) is 8.77.